The van der Waals surface area contributed by atoms with E-state index in [2.05, 4.69) is 21.2 Å². The maximum absolute atomic E-state index is 12.7. The third-order valence-electron chi connectivity index (χ3n) is 5.90. The van der Waals surface area contributed by atoms with Crippen LogP contribution >= 0.6 is 0 Å². The summed E-state index contributed by atoms with van der Waals surface area (Å²) in [5, 5.41) is 19.2. The average molecular weight is 501 g/mol. The molecule has 0 saturated carbocycles. The summed E-state index contributed by atoms with van der Waals surface area (Å²) in [4.78, 5) is 35.6. The molecule has 0 aliphatic carbocycles. The summed E-state index contributed by atoms with van der Waals surface area (Å²) in [5.41, 5.74) is 6.91. The van der Waals surface area contributed by atoms with E-state index >= 15 is 0 Å². The van der Waals surface area contributed by atoms with E-state index in [0.717, 1.165) is 36.1 Å². The highest BCUT2D eigenvalue weighted by Gasteiger charge is 2.19. The largest absolute Gasteiger partial charge is 0.481 e. The Morgan fingerprint density at radius 1 is 1.05 bits per heavy atom. The lowest BCUT2D eigenvalue weighted by Crippen LogP contribution is -2.22. The van der Waals surface area contributed by atoms with Gasteiger partial charge in [0.1, 0.15) is 6.61 Å². The molecule has 190 valence electrons. The quantitative estimate of drug-likeness (QED) is 0.260. The van der Waals surface area contributed by atoms with Crippen molar-refractivity contribution in [3.8, 4) is 0 Å². The number of nitrogens with one attached hydrogen (secondary N) is 3. The normalized spacial score (nSPS) is 14.6. The highest BCUT2D eigenvalue weighted by atomic mass is 16.6. The second-order valence-electron chi connectivity index (χ2n) is 8.71. The molecule has 0 unspecified atom stereocenters. The summed E-state index contributed by atoms with van der Waals surface area (Å²) in [6.07, 6.45) is 3.38. The van der Waals surface area contributed by atoms with Crippen molar-refractivity contribution in [3.05, 3.63) is 95.1 Å². The molecule has 0 spiro atoms. The molecule has 0 aromatic heterocycles. The minimum absolute atomic E-state index is 0.0517. The highest BCUT2D eigenvalue weighted by Crippen LogP contribution is 2.28. The lowest BCUT2D eigenvalue weighted by Gasteiger charge is -2.17. The molecule has 37 heavy (non-hydrogen) atoms. The molecule has 4 N–H and O–H groups in total. The first kappa shape index (κ1) is 25.4. The van der Waals surface area contributed by atoms with Crippen LogP contribution in [0.4, 0.5) is 16.2 Å². The lowest BCUT2D eigenvalue weighted by molar-refractivity contribution is -0.137. The summed E-state index contributed by atoms with van der Waals surface area (Å²) < 4.78 is 5.09. The summed E-state index contributed by atoms with van der Waals surface area (Å²) in [6, 6.07) is 21.6. The number of carboxylic acids is 1. The predicted octanol–water partition coefficient (Wildman–Crippen LogP) is 4.79. The van der Waals surface area contributed by atoms with E-state index < -0.39 is 12.1 Å². The fraction of sp³-hybridized carbons (Fsp3) is 0.214. The average Bonchev–Trinajstić information content (AvgIpc) is 3.09. The van der Waals surface area contributed by atoms with Gasteiger partial charge in [-0.25, -0.2) is 10.2 Å². The highest BCUT2D eigenvalue weighted by molar-refractivity contribution is 6.04. The number of carboxylic acid groups (broad SMARTS) is 1. The van der Waals surface area contributed by atoms with Crippen LogP contribution in [0.15, 0.2) is 77.9 Å². The Hall–Kier alpha value is -4.66. The van der Waals surface area contributed by atoms with Gasteiger partial charge in [-0.05, 0) is 60.2 Å². The summed E-state index contributed by atoms with van der Waals surface area (Å²) in [7, 11) is 0. The van der Waals surface area contributed by atoms with E-state index in [1.807, 2.05) is 48.5 Å². The summed E-state index contributed by atoms with van der Waals surface area (Å²) in [6.45, 7) is 0.148. The minimum Gasteiger partial charge on any atom is -0.481 e. The van der Waals surface area contributed by atoms with Crippen LogP contribution in [-0.4, -0.2) is 35.3 Å². The molecule has 3 aromatic carbocycles. The number of fused-ring (bicyclic) bond motifs is 1. The van der Waals surface area contributed by atoms with E-state index in [0.29, 0.717) is 16.8 Å². The van der Waals surface area contributed by atoms with E-state index in [1.54, 1.807) is 24.3 Å². The number of amides is 2. The Kier molecular flexibility index (Phi) is 8.49. The Morgan fingerprint density at radius 3 is 2.59 bits per heavy atom. The monoisotopic (exact) mass is 500 g/mol. The van der Waals surface area contributed by atoms with Crippen LogP contribution in [0.1, 0.15) is 46.3 Å². The fourth-order valence-electron chi connectivity index (χ4n) is 4.04. The molecule has 0 saturated heterocycles. The van der Waals surface area contributed by atoms with Gasteiger partial charge < -0.3 is 20.5 Å². The van der Waals surface area contributed by atoms with Crippen LogP contribution in [0.3, 0.4) is 0 Å². The van der Waals surface area contributed by atoms with Crippen molar-refractivity contribution in [3.63, 3.8) is 0 Å². The van der Waals surface area contributed by atoms with Gasteiger partial charge in [-0.1, -0.05) is 48.5 Å². The molecular weight excluding hydrogens is 472 g/mol. The first-order valence-corrected chi connectivity index (χ1v) is 12.0. The van der Waals surface area contributed by atoms with Crippen LogP contribution in [0.2, 0.25) is 0 Å². The third kappa shape index (κ3) is 7.66. The van der Waals surface area contributed by atoms with Crippen LogP contribution in [0.25, 0.3) is 0 Å². The molecule has 3 aromatic rings. The maximum Gasteiger partial charge on any atom is 0.428 e. The number of rotatable bonds is 8. The van der Waals surface area contributed by atoms with Gasteiger partial charge in [0, 0.05) is 23.0 Å². The van der Waals surface area contributed by atoms with E-state index in [9.17, 15) is 14.4 Å². The first-order chi connectivity index (χ1) is 18.0. The van der Waals surface area contributed by atoms with Crippen molar-refractivity contribution >= 4 is 35.6 Å². The van der Waals surface area contributed by atoms with Gasteiger partial charge in [-0.3, -0.25) is 9.59 Å². The van der Waals surface area contributed by atoms with Crippen molar-refractivity contribution in [2.45, 2.75) is 38.3 Å². The Labute approximate surface area is 214 Å². The first-order valence-electron chi connectivity index (χ1n) is 12.0. The van der Waals surface area contributed by atoms with Gasteiger partial charge in [0.25, 0.3) is 5.91 Å². The third-order valence-corrected chi connectivity index (χ3v) is 5.90. The Bertz CT molecular complexity index is 1280. The lowest BCUT2D eigenvalue weighted by atomic mass is 10.1. The van der Waals surface area contributed by atoms with Crippen LogP contribution in [-0.2, 0) is 22.6 Å². The molecule has 0 bridgehead atoms. The number of hydrogen-bond donors (Lipinski definition) is 4. The molecule has 1 atom stereocenters. The van der Waals surface area contributed by atoms with Gasteiger partial charge in [-0.2, -0.15) is 5.10 Å². The number of aliphatic carboxylic acids is 1. The van der Waals surface area contributed by atoms with Crippen LogP contribution in [0.5, 0.6) is 0 Å². The standard InChI is InChI=1S/C28H28N4O5/c33-26(34)16-23-8-4-7-21-13-14-24(15-25(21)30-23)31-27(35)22-11-9-19(10-12-22)17-29-32-28(36)37-18-20-5-2-1-3-6-20/h1-3,5-6,9-15,17,23,30H,4,7-8,16,18H2,(H,31,35)(H,32,36)(H,33,34)/t23-/m1/s1. The van der Waals surface area contributed by atoms with E-state index in [1.165, 1.54) is 6.21 Å². The summed E-state index contributed by atoms with van der Waals surface area (Å²) >= 11 is 0. The van der Waals surface area contributed by atoms with Gasteiger partial charge >= 0.3 is 12.1 Å². The van der Waals surface area contributed by atoms with Crippen LogP contribution in [0, 0.1) is 0 Å². The zero-order chi connectivity index (χ0) is 26.0. The second-order valence-corrected chi connectivity index (χ2v) is 8.71. The zero-order valence-electron chi connectivity index (χ0n) is 20.1. The molecule has 9 heteroatoms. The second kappa shape index (κ2) is 12.3. The number of hydrazone groups is 1. The molecule has 1 aliphatic heterocycles. The topological polar surface area (TPSA) is 129 Å². The Morgan fingerprint density at radius 2 is 1.84 bits per heavy atom. The van der Waals surface area contributed by atoms with Crippen molar-refractivity contribution in [1.82, 2.24) is 5.43 Å². The van der Waals surface area contributed by atoms with Gasteiger partial charge in [0.15, 0.2) is 0 Å². The van der Waals surface area contributed by atoms with Gasteiger partial charge in [-0.15, -0.1) is 0 Å². The smallest absolute Gasteiger partial charge is 0.428 e. The number of aryl methyl sites for hydroxylation is 1. The SMILES string of the molecule is O=C(O)C[C@H]1CCCc2ccc(NC(=O)c3ccc(C=NNC(=O)OCc4ccccc4)cc3)cc2N1. The minimum atomic E-state index is -0.835. The van der Waals surface area contributed by atoms with Gasteiger partial charge in [0.2, 0.25) is 0 Å². The molecule has 1 aliphatic rings. The fourth-order valence-corrected chi connectivity index (χ4v) is 4.04. The van der Waals surface area contributed by atoms with Crippen molar-refractivity contribution in [2.75, 3.05) is 10.6 Å². The van der Waals surface area contributed by atoms with Gasteiger partial charge in [0.05, 0.1) is 12.6 Å². The molecule has 2 amide bonds. The van der Waals surface area contributed by atoms with Crippen molar-refractivity contribution < 1.29 is 24.2 Å². The molecule has 0 fully saturated rings. The summed E-state index contributed by atoms with van der Waals surface area (Å²) in [5.74, 6) is -1.11. The number of nitrogens with zero attached hydrogens (tertiary/aromatic N) is 1. The number of benzene rings is 3. The molecule has 9 nitrogen and oxygen atoms in total. The van der Waals surface area contributed by atoms with E-state index in [4.69, 9.17) is 9.84 Å². The molecule has 0 radical (unpaired) electrons. The van der Waals surface area contributed by atoms with Crippen molar-refractivity contribution in [2.24, 2.45) is 5.10 Å². The molecule has 1 heterocycles. The number of ether oxygens (including phenoxy) is 1. The zero-order valence-corrected chi connectivity index (χ0v) is 20.1. The van der Waals surface area contributed by atoms with Crippen molar-refractivity contribution in [1.29, 1.82) is 0 Å². The van der Waals surface area contributed by atoms with E-state index in [-0.39, 0.29) is 25.0 Å². The molecular formula is C28H28N4O5. The number of carbonyl (C=O) groups is 3. The van der Waals surface area contributed by atoms with Crippen LogP contribution < -0.4 is 16.1 Å². The number of carbonyl (C=O) groups excluding carboxylic acids is 2. The number of hydrogen-bond acceptors (Lipinski definition) is 6. The maximum atomic E-state index is 12.7. The predicted molar refractivity (Wildman–Crippen MR) is 141 cm³/mol. The number of anilines is 2. The Balaban J connectivity index is 1.29. The molecule has 4 rings (SSSR count).